The van der Waals surface area contributed by atoms with Gasteiger partial charge >= 0.3 is 0 Å². The van der Waals surface area contributed by atoms with Crippen LogP contribution in [0.25, 0.3) is 0 Å². The predicted molar refractivity (Wildman–Crippen MR) is 121 cm³/mol. The van der Waals surface area contributed by atoms with E-state index in [2.05, 4.69) is 45.0 Å². The fourth-order valence-corrected chi connectivity index (χ4v) is 8.70. The molecule has 0 saturated heterocycles. The first-order valence-electron chi connectivity index (χ1n) is 10.4. The summed E-state index contributed by atoms with van der Waals surface area (Å²) in [6.07, 6.45) is -1.71. The van der Waals surface area contributed by atoms with Crippen LogP contribution in [0.1, 0.15) is 34.6 Å². The van der Waals surface area contributed by atoms with Crippen molar-refractivity contribution in [2.45, 2.75) is 51.9 Å². The number of rotatable bonds is 9. The monoisotopic (exact) mass is 416 g/mol. The van der Waals surface area contributed by atoms with Gasteiger partial charge in [0.15, 0.2) is 0 Å². The van der Waals surface area contributed by atoms with E-state index in [-0.39, 0.29) is 17.6 Å². The zero-order valence-electron chi connectivity index (χ0n) is 18.2. The highest BCUT2D eigenvalue weighted by molar-refractivity contribution is 6.99. The zero-order valence-corrected chi connectivity index (χ0v) is 19.2. The molecule has 0 saturated carbocycles. The Morgan fingerprint density at radius 1 is 0.862 bits per heavy atom. The maximum Gasteiger partial charge on any atom is 0.261 e. The van der Waals surface area contributed by atoms with E-state index >= 15 is 0 Å². The van der Waals surface area contributed by atoms with Crippen LogP contribution in [0, 0.1) is 11.8 Å². The lowest BCUT2D eigenvalue weighted by atomic mass is 9.90. The Balaban J connectivity index is 2.41. The third-order valence-electron chi connectivity index (χ3n) is 5.90. The number of aliphatic hydroxyl groups is 3. The average molecular weight is 417 g/mol. The minimum absolute atomic E-state index is 0.128. The van der Waals surface area contributed by atoms with Crippen molar-refractivity contribution in [2.75, 3.05) is 13.2 Å². The summed E-state index contributed by atoms with van der Waals surface area (Å²) >= 11 is 0. The summed E-state index contributed by atoms with van der Waals surface area (Å²) in [5.74, 6) is -0.620. The normalized spacial score (nSPS) is 16.8. The summed E-state index contributed by atoms with van der Waals surface area (Å²) in [7, 11) is -2.65. The van der Waals surface area contributed by atoms with Gasteiger partial charge in [-0.15, -0.1) is 0 Å². The molecule has 3 N–H and O–H groups in total. The van der Waals surface area contributed by atoms with Crippen molar-refractivity contribution in [3.8, 4) is 0 Å². The Morgan fingerprint density at radius 3 is 1.69 bits per heavy atom. The topological polar surface area (TPSA) is 69.9 Å². The van der Waals surface area contributed by atoms with Crippen LogP contribution in [0.5, 0.6) is 0 Å². The summed E-state index contributed by atoms with van der Waals surface area (Å²) in [6.45, 7) is 10.4. The maximum absolute atomic E-state index is 10.7. The van der Waals surface area contributed by atoms with E-state index in [1.807, 2.05) is 43.3 Å². The maximum atomic E-state index is 10.7. The molecule has 0 amide bonds. The highest BCUT2D eigenvalue weighted by Crippen LogP contribution is 2.37. The fourth-order valence-electron chi connectivity index (χ4n) is 4.03. The van der Waals surface area contributed by atoms with Gasteiger partial charge in [-0.1, -0.05) is 95.3 Å². The number of hydrogen-bond acceptors (Lipinski definition) is 4. The van der Waals surface area contributed by atoms with Crippen molar-refractivity contribution in [1.29, 1.82) is 0 Å². The van der Waals surface area contributed by atoms with Gasteiger partial charge in [-0.3, -0.25) is 0 Å². The van der Waals surface area contributed by atoms with Gasteiger partial charge in [0, 0.05) is 18.4 Å². The lowest BCUT2D eigenvalue weighted by molar-refractivity contribution is -0.0365. The molecule has 0 heterocycles. The number of hydrogen-bond donors (Lipinski definition) is 3. The van der Waals surface area contributed by atoms with Crippen LogP contribution in [0.4, 0.5) is 0 Å². The average Bonchev–Trinajstić information content (AvgIpc) is 2.72. The second-order valence-corrected chi connectivity index (χ2v) is 13.4. The fraction of sp³-hybridized carbons (Fsp3) is 0.500. The van der Waals surface area contributed by atoms with E-state index in [9.17, 15) is 15.3 Å². The lowest BCUT2D eigenvalue weighted by Crippen LogP contribution is -2.67. The molecule has 0 bridgehead atoms. The highest BCUT2D eigenvalue weighted by atomic mass is 28.4. The Morgan fingerprint density at radius 2 is 1.31 bits per heavy atom. The van der Waals surface area contributed by atoms with Gasteiger partial charge in [-0.2, -0.15) is 0 Å². The smallest absolute Gasteiger partial charge is 0.261 e. The molecule has 29 heavy (non-hydrogen) atoms. The van der Waals surface area contributed by atoms with Crippen molar-refractivity contribution in [3.05, 3.63) is 60.7 Å². The largest absolute Gasteiger partial charge is 0.407 e. The minimum atomic E-state index is -2.65. The molecule has 0 spiro atoms. The molecule has 2 rings (SSSR count). The van der Waals surface area contributed by atoms with Gasteiger partial charge in [0.25, 0.3) is 8.32 Å². The van der Waals surface area contributed by atoms with Gasteiger partial charge < -0.3 is 19.7 Å². The summed E-state index contributed by atoms with van der Waals surface area (Å²) in [4.78, 5) is 0. The van der Waals surface area contributed by atoms with Crippen LogP contribution in [0.3, 0.4) is 0 Å². The SMILES string of the molecule is C[C@H](CO[Si](c1ccccc1)(c1ccccc1)C(C)(C)C)[C@@H](O)[C@@H](C)C(O)CO. The molecule has 0 fully saturated rings. The first kappa shape index (κ1) is 23.8. The molecular formula is C24H36O4Si. The predicted octanol–water partition coefficient (Wildman–Crippen LogP) is 2.55. The van der Waals surface area contributed by atoms with Crippen LogP contribution in [-0.2, 0) is 4.43 Å². The van der Waals surface area contributed by atoms with E-state index < -0.39 is 26.4 Å². The number of aliphatic hydroxyl groups excluding tert-OH is 3. The van der Waals surface area contributed by atoms with Crippen molar-refractivity contribution >= 4 is 18.7 Å². The third kappa shape index (κ3) is 5.16. The lowest BCUT2D eigenvalue weighted by Gasteiger charge is -2.44. The van der Waals surface area contributed by atoms with E-state index in [1.165, 1.54) is 10.4 Å². The first-order chi connectivity index (χ1) is 13.6. The zero-order chi connectivity index (χ0) is 21.7. The standard InChI is InChI=1S/C24H36O4Si/c1-18(23(27)19(2)22(26)16-25)17-28-29(24(3,4)5,20-12-8-6-9-13-20)21-14-10-7-11-15-21/h6-15,18-19,22-23,25-27H,16-17H2,1-5H3/t18-,19+,22?,23-/m1/s1. The van der Waals surface area contributed by atoms with Crippen LogP contribution >= 0.6 is 0 Å². The molecule has 2 aromatic rings. The van der Waals surface area contributed by atoms with Crippen molar-refractivity contribution < 1.29 is 19.7 Å². The summed E-state index contributed by atoms with van der Waals surface area (Å²) < 4.78 is 6.85. The minimum Gasteiger partial charge on any atom is -0.407 e. The van der Waals surface area contributed by atoms with Crippen LogP contribution < -0.4 is 10.4 Å². The van der Waals surface area contributed by atoms with Gasteiger partial charge in [-0.25, -0.2) is 0 Å². The molecule has 0 aromatic heterocycles. The molecule has 0 aliphatic carbocycles. The Kier molecular flexibility index (Phi) is 8.20. The Bertz CT molecular complexity index is 690. The van der Waals surface area contributed by atoms with Gasteiger partial charge in [0.2, 0.25) is 0 Å². The highest BCUT2D eigenvalue weighted by Gasteiger charge is 2.50. The second-order valence-electron chi connectivity index (χ2n) is 9.05. The molecule has 0 aliphatic heterocycles. The molecule has 0 radical (unpaired) electrons. The van der Waals surface area contributed by atoms with E-state index in [0.29, 0.717) is 6.61 Å². The molecule has 4 nitrogen and oxygen atoms in total. The molecule has 1 unspecified atom stereocenters. The van der Waals surface area contributed by atoms with Crippen LogP contribution in [0.15, 0.2) is 60.7 Å². The molecule has 4 atom stereocenters. The molecule has 160 valence electrons. The Labute approximate surface area is 176 Å². The molecule has 2 aromatic carbocycles. The Hall–Kier alpha value is -1.50. The van der Waals surface area contributed by atoms with Crippen LogP contribution in [0.2, 0.25) is 5.04 Å². The molecule has 0 aliphatic rings. The van der Waals surface area contributed by atoms with Crippen molar-refractivity contribution in [2.24, 2.45) is 11.8 Å². The van der Waals surface area contributed by atoms with Crippen molar-refractivity contribution in [3.63, 3.8) is 0 Å². The summed E-state index contributed by atoms with van der Waals surface area (Å²) in [5.41, 5.74) is 0. The van der Waals surface area contributed by atoms with Crippen molar-refractivity contribution in [1.82, 2.24) is 0 Å². The second kappa shape index (κ2) is 10.0. The first-order valence-corrected chi connectivity index (χ1v) is 12.3. The molecule has 5 heteroatoms. The quantitative estimate of drug-likeness (QED) is 0.550. The summed E-state index contributed by atoms with van der Waals surface area (Å²) in [5, 5.41) is 32.1. The van der Waals surface area contributed by atoms with Gasteiger partial charge in [0.1, 0.15) is 0 Å². The van der Waals surface area contributed by atoms with E-state index in [1.54, 1.807) is 6.92 Å². The summed E-state index contributed by atoms with van der Waals surface area (Å²) in [6, 6.07) is 20.8. The van der Waals surface area contributed by atoms with Gasteiger partial charge in [-0.05, 0) is 15.4 Å². The van der Waals surface area contributed by atoms with Gasteiger partial charge in [0.05, 0.1) is 18.8 Å². The molecular weight excluding hydrogens is 380 g/mol. The number of benzene rings is 2. The third-order valence-corrected chi connectivity index (χ3v) is 10.9. The van der Waals surface area contributed by atoms with E-state index in [0.717, 1.165) is 0 Å². The van der Waals surface area contributed by atoms with Crippen LogP contribution in [-0.4, -0.2) is 49.1 Å². The van der Waals surface area contributed by atoms with E-state index in [4.69, 9.17) is 4.43 Å².